The first kappa shape index (κ1) is 20.0. The lowest BCUT2D eigenvalue weighted by Crippen LogP contribution is -2.39. The van der Waals surface area contributed by atoms with Crippen molar-refractivity contribution in [1.82, 2.24) is 9.29 Å². The molecular formula is C18H22N4O5S. The van der Waals surface area contributed by atoms with Gasteiger partial charge in [0.1, 0.15) is 5.69 Å². The molecule has 1 N–H and O–H groups in total. The van der Waals surface area contributed by atoms with Gasteiger partial charge in [0.25, 0.3) is 5.69 Å². The summed E-state index contributed by atoms with van der Waals surface area (Å²) in [5.74, 6) is 0.680. The second-order valence-corrected chi connectivity index (χ2v) is 8.70. The van der Waals surface area contributed by atoms with Crippen LogP contribution in [0.15, 0.2) is 41.4 Å². The molecule has 28 heavy (non-hydrogen) atoms. The van der Waals surface area contributed by atoms with Crippen molar-refractivity contribution < 1.29 is 18.1 Å². The Morgan fingerprint density at radius 2 is 2.11 bits per heavy atom. The zero-order chi connectivity index (χ0) is 20.3. The highest BCUT2D eigenvalue weighted by molar-refractivity contribution is 7.89. The fourth-order valence-electron chi connectivity index (χ4n) is 3.17. The number of rotatable bonds is 6. The number of benzene rings is 1. The molecule has 0 spiro atoms. The molecule has 0 amide bonds. The number of nitro benzene ring substituents is 1. The minimum Gasteiger partial charge on any atom is -0.481 e. The number of aromatic nitrogens is 1. The van der Waals surface area contributed by atoms with Gasteiger partial charge in [0.2, 0.25) is 15.9 Å². The molecule has 3 rings (SSSR count). The molecule has 2 aromatic rings. The Kier molecular flexibility index (Phi) is 5.80. The Hall–Kier alpha value is -2.72. The minimum absolute atomic E-state index is 0.0771. The van der Waals surface area contributed by atoms with E-state index in [2.05, 4.69) is 10.3 Å². The van der Waals surface area contributed by atoms with Gasteiger partial charge in [-0.15, -0.1) is 0 Å². The molecule has 1 saturated heterocycles. The van der Waals surface area contributed by atoms with Crippen LogP contribution in [0.4, 0.5) is 17.1 Å². The Balaban J connectivity index is 1.91. The molecule has 1 atom stereocenters. The number of methoxy groups -OCH3 is 1. The SMILES string of the molecule is COc1ccc(Nc2ccc(S(=O)(=O)N3CCC[C@H](C)C3)cc2[N+](=O)[O-])cn1. The first-order valence-electron chi connectivity index (χ1n) is 8.87. The fourth-order valence-corrected chi connectivity index (χ4v) is 4.79. The van der Waals surface area contributed by atoms with Crippen LogP contribution in [0.1, 0.15) is 19.8 Å². The number of ether oxygens (including phenoxy) is 1. The highest BCUT2D eigenvalue weighted by atomic mass is 32.2. The summed E-state index contributed by atoms with van der Waals surface area (Å²) >= 11 is 0. The molecule has 150 valence electrons. The van der Waals surface area contributed by atoms with Gasteiger partial charge in [-0.2, -0.15) is 4.31 Å². The van der Waals surface area contributed by atoms with Crippen molar-refractivity contribution in [3.8, 4) is 5.88 Å². The number of nitrogens with one attached hydrogen (secondary N) is 1. The summed E-state index contributed by atoms with van der Waals surface area (Å²) in [5, 5.41) is 14.4. The topological polar surface area (TPSA) is 115 Å². The molecule has 1 aliphatic rings. The van der Waals surface area contributed by atoms with E-state index in [1.54, 1.807) is 12.1 Å². The molecule has 0 bridgehead atoms. The molecule has 2 heterocycles. The lowest BCUT2D eigenvalue weighted by Gasteiger charge is -2.30. The molecule has 1 fully saturated rings. The van der Waals surface area contributed by atoms with Crippen LogP contribution in [0.2, 0.25) is 0 Å². The van der Waals surface area contributed by atoms with Crippen LogP contribution < -0.4 is 10.1 Å². The fraction of sp³-hybridized carbons (Fsp3) is 0.389. The molecule has 1 aromatic carbocycles. The summed E-state index contributed by atoms with van der Waals surface area (Å²) in [4.78, 5) is 14.9. The van der Waals surface area contributed by atoms with Crippen LogP contribution in [0, 0.1) is 16.0 Å². The van der Waals surface area contributed by atoms with E-state index in [4.69, 9.17) is 4.74 Å². The maximum atomic E-state index is 12.9. The summed E-state index contributed by atoms with van der Waals surface area (Å²) in [6.45, 7) is 2.85. The molecule has 0 saturated carbocycles. The van der Waals surface area contributed by atoms with Crippen LogP contribution >= 0.6 is 0 Å². The number of pyridine rings is 1. The molecule has 1 aromatic heterocycles. The van der Waals surface area contributed by atoms with Crippen LogP contribution in [-0.2, 0) is 10.0 Å². The second kappa shape index (κ2) is 8.11. The number of nitro groups is 1. The zero-order valence-corrected chi connectivity index (χ0v) is 16.5. The van der Waals surface area contributed by atoms with Crippen molar-refractivity contribution >= 4 is 27.1 Å². The number of piperidine rings is 1. The third-order valence-electron chi connectivity index (χ3n) is 4.65. The second-order valence-electron chi connectivity index (χ2n) is 6.76. The number of hydrogen-bond donors (Lipinski definition) is 1. The maximum Gasteiger partial charge on any atom is 0.294 e. The van der Waals surface area contributed by atoms with Crippen molar-refractivity contribution in [2.24, 2.45) is 5.92 Å². The molecule has 0 radical (unpaired) electrons. The molecule has 0 unspecified atom stereocenters. The monoisotopic (exact) mass is 406 g/mol. The summed E-state index contributed by atoms with van der Waals surface area (Å²) < 4.78 is 32.2. The van der Waals surface area contributed by atoms with Gasteiger partial charge in [0.15, 0.2) is 0 Å². The first-order valence-corrected chi connectivity index (χ1v) is 10.3. The van der Waals surface area contributed by atoms with E-state index < -0.39 is 14.9 Å². The highest BCUT2D eigenvalue weighted by Crippen LogP contribution is 2.32. The van der Waals surface area contributed by atoms with Gasteiger partial charge in [-0.1, -0.05) is 6.92 Å². The highest BCUT2D eigenvalue weighted by Gasteiger charge is 2.30. The Morgan fingerprint density at radius 1 is 1.32 bits per heavy atom. The third kappa shape index (κ3) is 4.23. The molecule has 9 nitrogen and oxygen atoms in total. The quantitative estimate of drug-likeness (QED) is 0.579. The van der Waals surface area contributed by atoms with Gasteiger partial charge in [-0.25, -0.2) is 13.4 Å². The molecular weight excluding hydrogens is 384 g/mol. The molecule has 10 heteroatoms. The van der Waals surface area contributed by atoms with Gasteiger partial charge in [-0.3, -0.25) is 10.1 Å². The Morgan fingerprint density at radius 3 is 2.71 bits per heavy atom. The van der Waals surface area contributed by atoms with Crippen molar-refractivity contribution in [3.05, 3.63) is 46.6 Å². The van der Waals surface area contributed by atoms with Crippen LogP contribution in [0.5, 0.6) is 5.88 Å². The smallest absolute Gasteiger partial charge is 0.294 e. The van der Waals surface area contributed by atoms with E-state index in [0.717, 1.165) is 18.9 Å². The number of sulfonamides is 1. The van der Waals surface area contributed by atoms with Gasteiger partial charge < -0.3 is 10.1 Å². The first-order chi connectivity index (χ1) is 13.3. The molecule has 1 aliphatic heterocycles. The van der Waals surface area contributed by atoms with Gasteiger partial charge in [0.05, 0.1) is 28.8 Å². The number of anilines is 2. The van der Waals surface area contributed by atoms with Gasteiger partial charge in [-0.05, 0) is 37.0 Å². The predicted molar refractivity (Wildman–Crippen MR) is 104 cm³/mol. The minimum atomic E-state index is -3.78. The average Bonchev–Trinajstić information content (AvgIpc) is 2.68. The summed E-state index contributed by atoms with van der Waals surface area (Å²) in [6, 6.07) is 7.18. The van der Waals surface area contributed by atoms with E-state index in [1.165, 1.54) is 29.7 Å². The largest absolute Gasteiger partial charge is 0.481 e. The van der Waals surface area contributed by atoms with E-state index in [-0.39, 0.29) is 22.2 Å². The van der Waals surface area contributed by atoms with Crippen molar-refractivity contribution in [1.29, 1.82) is 0 Å². The lowest BCUT2D eigenvalue weighted by atomic mass is 10.0. The van der Waals surface area contributed by atoms with E-state index in [9.17, 15) is 18.5 Å². The maximum absolute atomic E-state index is 12.9. The third-order valence-corrected chi connectivity index (χ3v) is 6.51. The number of nitrogens with zero attached hydrogens (tertiary/aromatic N) is 3. The van der Waals surface area contributed by atoms with Crippen molar-refractivity contribution in [2.45, 2.75) is 24.7 Å². The van der Waals surface area contributed by atoms with E-state index >= 15 is 0 Å². The lowest BCUT2D eigenvalue weighted by molar-refractivity contribution is -0.384. The van der Waals surface area contributed by atoms with Gasteiger partial charge in [0, 0.05) is 25.2 Å². The van der Waals surface area contributed by atoms with Crippen LogP contribution in [0.25, 0.3) is 0 Å². The van der Waals surface area contributed by atoms with E-state index in [0.29, 0.717) is 24.7 Å². The van der Waals surface area contributed by atoms with Gasteiger partial charge >= 0.3 is 0 Å². The summed E-state index contributed by atoms with van der Waals surface area (Å²) in [6.07, 6.45) is 3.24. The molecule has 0 aliphatic carbocycles. The zero-order valence-electron chi connectivity index (χ0n) is 15.7. The van der Waals surface area contributed by atoms with Crippen LogP contribution in [0.3, 0.4) is 0 Å². The summed E-state index contributed by atoms with van der Waals surface area (Å²) in [7, 11) is -2.29. The Bertz CT molecular complexity index is 962. The predicted octanol–water partition coefficient (Wildman–Crippen LogP) is 3.16. The summed E-state index contributed by atoms with van der Waals surface area (Å²) in [5.41, 5.74) is 0.384. The number of hydrogen-bond acceptors (Lipinski definition) is 7. The average molecular weight is 406 g/mol. The van der Waals surface area contributed by atoms with Crippen LogP contribution in [-0.4, -0.2) is 42.8 Å². The Labute approximate surface area is 163 Å². The van der Waals surface area contributed by atoms with Crippen molar-refractivity contribution in [3.63, 3.8) is 0 Å². The van der Waals surface area contributed by atoms with E-state index in [1.807, 2.05) is 6.92 Å². The standard InChI is InChI=1S/C18H22N4O5S/c1-13-4-3-9-21(12-13)28(25,26)15-6-7-16(17(10-15)22(23)24)20-14-5-8-18(27-2)19-11-14/h5-8,10-11,13,20H,3-4,9,12H2,1-2H3/t13-/m0/s1. The normalized spacial score (nSPS) is 17.9. The van der Waals surface area contributed by atoms with Crippen molar-refractivity contribution in [2.75, 3.05) is 25.5 Å².